The highest BCUT2D eigenvalue weighted by atomic mass is 79.9. The lowest BCUT2D eigenvalue weighted by Gasteiger charge is -2.06. The Morgan fingerprint density at radius 3 is 2.48 bits per heavy atom. The smallest absolute Gasteiger partial charge is 0.308 e. The fourth-order valence-electron chi connectivity index (χ4n) is 2.72. The minimum atomic E-state index is -4.51. The second kappa shape index (κ2) is 8.40. The molecule has 0 aliphatic carbocycles. The number of hydrogen-bond acceptors (Lipinski definition) is 3. The quantitative estimate of drug-likeness (QED) is 0.575. The maximum Gasteiger partial charge on any atom is 0.435 e. The number of halogens is 4. The topological polar surface area (TPSA) is 64.7 Å². The number of carbonyl (C=O) groups is 1. The van der Waals surface area contributed by atoms with Crippen molar-refractivity contribution in [2.75, 3.05) is 5.32 Å². The van der Waals surface area contributed by atoms with E-state index in [2.05, 4.69) is 31.4 Å². The Kier molecular flexibility index (Phi) is 6.11. The monoisotopic (exact) mass is 469 g/mol. The maximum absolute atomic E-state index is 12.7. The zero-order chi connectivity index (χ0) is 21.2. The van der Waals surface area contributed by atoms with E-state index in [1.807, 2.05) is 31.2 Å². The zero-order valence-corrected chi connectivity index (χ0v) is 17.4. The number of amides is 1. The Morgan fingerprint density at radius 1 is 1.17 bits per heavy atom. The number of aromatic nitrogens is 4. The van der Waals surface area contributed by atoms with Gasteiger partial charge in [-0.1, -0.05) is 29.8 Å². The first-order valence-electron chi connectivity index (χ1n) is 8.82. The second-order valence-corrected chi connectivity index (χ2v) is 7.55. The Morgan fingerprint density at radius 2 is 1.86 bits per heavy atom. The van der Waals surface area contributed by atoms with E-state index in [0.717, 1.165) is 17.2 Å². The van der Waals surface area contributed by atoms with Crippen molar-refractivity contribution in [3.8, 4) is 0 Å². The SMILES string of the molecule is Cc1ccc(Cn2cc(Br)c(NC(=O)CCn3nc(C(F)(F)F)cc3C)n2)cc1. The van der Waals surface area contributed by atoms with Crippen molar-refractivity contribution < 1.29 is 18.0 Å². The molecular formula is C19H19BrF3N5O. The molecule has 154 valence electrons. The highest BCUT2D eigenvalue weighted by Gasteiger charge is 2.34. The van der Waals surface area contributed by atoms with E-state index in [1.165, 1.54) is 11.6 Å². The third-order valence-electron chi connectivity index (χ3n) is 4.26. The van der Waals surface area contributed by atoms with E-state index >= 15 is 0 Å². The van der Waals surface area contributed by atoms with Crippen LogP contribution in [0.4, 0.5) is 19.0 Å². The van der Waals surface area contributed by atoms with Gasteiger partial charge in [0.15, 0.2) is 11.5 Å². The van der Waals surface area contributed by atoms with Gasteiger partial charge in [0, 0.05) is 24.9 Å². The van der Waals surface area contributed by atoms with Gasteiger partial charge in [-0.25, -0.2) is 0 Å². The molecule has 2 aromatic heterocycles. The molecule has 0 aliphatic heterocycles. The molecule has 3 rings (SSSR count). The van der Waals surface area contributed by atoms with Crippen LogP contribution in [0.15, 0.2) is 41.0 Å². The fraction of sp³-hybridized carbons (Fsp3) is 0.316. The normalized spacial score (nSPS) is 11.7. The highest BCUT2D eigenvalue weighted by Crippen LogP contribution is 2.28. The molecule has 0 saturated carbocycles. The van der Waals surface area contributed by atoms with Crippen LogP contribution in [-0.4, -0.2) is 25.5 Å². The second-order valence-electron chi connectivity index (χ2n) is 6.70. The Balaban J connectivity index is 1.59. The predicted octanol–water partition coefficient (Wildman–Crippen LogP) is 4.55. The molecule has 0 spiro atoms. The summed E-state index contributed by atoms with van der Waals surface area (Å²) in [5, 5.41) is 10.5. The van der Waals surface area contributed by atoms with E-state index in [4.69, 9.17) is 0 Å². The summed E-state index contributed by atoms with van der Waals surface area (Å²) in [7, 11) is 0. The van der Waals surface area contributed by atoms with Crippen molar-refractivity contribution in [3.63, 3.8) is 0 Å². The van der Waals surface area contributed by atoms with Crippen LogP contribution in [0, 0.1) is 13.8 Å². The summed E-state index contributed by atoms with van der Waals surface area (Å²) < 4.78 is 41.6. The molecule has 0 saturated heterocycles. The first-order chi connectivity index (χ1) is 13.6. The van der Waals surface area contributed by atoms with E-state index < -0.39 is 11.9 Å². The Bertz CT molecular complexity index is 1010. The van der Waals surface area contributed by atoms with Crippen LogP contribution < -0.4 is 5.32 Å². The largest absolute Gasteiger partial charge is 0.435 e. The summed E-state index contributed by atoms with van der Waals surface area (Å²) in [4.78, 5) is 12.2. The highest BCUT2D eigenvalue weighted by molar-refractivity contribution is 9.10. The van der Waals surface area contributed by atoms with Crippen molar-refractivity contribution >= 4 is 27.7 Å². The van der Waals surface area contributed by atoms with E-state index in [0.29, 0.717) is 22.5 Å². The predicted molar refractivity (Wildman–Crippen MR) is 105 cm³/mol. The van der Waals surface area contributed by atoms with Gasteiger partial charge in [0.1, 0.15) is 0 Å². The molecule has 1 N–H and O–H groups in total. The van der Waals surface area contributed by atoms with Gasteiger partial charge in [0.25, 0.3) is 0 Å². The molecule has 0 fully saturated rings. The van der Waals surface area contributed by atoms with Gasteiger partial charge in [-0.15, -0.1) is 0 Å². The molecule has 0 atom stereocenters. The van der Waals surface area contributed by atoms with Crippen molar-refractivity contribution in [1.29, 1.82) is 0 Å². The molecule has 6 nitrogen and oxygen atoms in total. The van der Waals surface area contributed by atoms with Crippen LogP contribution in [0.25, 0.3) is 0 Å². The molecule has 2 heterocycles. The van der Waals surface area contributed by atoms with Gasteiger partial charge in [0.05, 0.1) is 11.0 Å². The Hall–Kier alpha value is -2.62. The van der Waals surface area contributed by atoms with Crippen LogP contribution in [0.1, 0.15) is 28.9 Å². The lowest BCUT2D eigenvalue weighted by atomic mass is 10.1. The lowest BCUT2D eigenvalue weighted by molar-refractivity contribution is -0.141. The van der Waals surface area contributed by atoms with Gasteiger partial charge in [0.2, 0.25) is 5.91 Å². The molecule has 10 heteroatoms. The number of anilines is 1. The number of aryl methyl sites for hydroxylation is 3. The molecule has 3 aromatic rings. The van der Waals surface area contributed by atoms with Gasteiger partial charge in [-0.05, 0) is 41.4 Å². The van der Waals surface area contributed by atoms with Crippen molar-refractivity contribution in [2.45, 2.75) is 39.5 Å². The first-order valence-corrected chi connectivity index (χ1v) is 9.61. The number of alkyl halides is 3. The molecule has 29 heavy (non-hydrogen) atoms. The summed E-state index contributed by atoms with van der Waals surface area (Å²) in [6.45, 7) is 4.11. The number of carbonyl (C=O) groups excluding carboxylic acids is 1. The van der Waals surface area contributed by atoms with Gasteiger partial charge >= 0.3 is 6.18 Å². The average molecular weight is 470 g/mol. The number of nitrogens with zero attached hydrogens (tertiary/aromatic N) is 4. The molecule has 1 amide bonds. The van der Waals surface area contributed by atoms with Crippen LogP contribution in [0.3, 0.4) is 0 Å². The Labute approximate surface area is 173 Å². The number of hydrogen-bond donors (Lipinski definition) is 1. The standard InChI is InChI=1S/C19H19BrF3N5O/c1-12-3-5-14(6-4-12)10-27-11-15(20)18(26-27)24-17(29)7-8-28-13(2)9-16(25-28)19(21,22)23/h3-6,9,11H,7-8,10H2,1-2H3,(H,24,26,29). The molecule has 0 radical (unpaired) electrons. The maximum atomic E-state index is 12.7. The molecule has 0 unspecified atom stereocenters. The van der Waals surface area contributed by atoms with E-state index in [9.17, 15) is 18.0 Å². The summed E-state index contributed by atoms with van der Waals surface area (Å²) in [6.07, 6.45) is -2.78. The summed E-state index contributed by atoms with van der Waals surface area (Å²) >= 11 is 3.36. The lowest BCUT2D eigenvalue weighted by Crippen LogP contribution is -2.17. The van der Waals surface area contributed by atoms with Crippen LogP contribution >= 0.6 is 15.9 Å². The van der Waals surface area contributed by atoms with E-state index in [-0.39, 0.29) is 18.9 Å². The fourth-order valence-corrected chi connectivity index (χ4v) is 3.14. The van der Waals surface area contributed by atoms with Crippen molar-refractivity contribution in [3.05, 3.63) is 63.5 Å². The average Bonchev–Trinajstić information content (AvgIpc) is 3.17. The van der Waals surface area contributed by atoms with Crippen LogP contribution in [-0.2, 0) is 24.1 Å². The third-order valence-corrected chi connectivity index (χ3v) is 4.84. The van der Waals surface area contributed by atoms with Crippen molar-refractivity contribution in [2.24, 2.45) is 0 Å². The van der Waals surface area contributed by atoms with Crippen molar-refractivity contribution in [1.82, 2.24) is 19.6 Å². The van der Waals surface area contributed by atoms with Gasteiger partial charge in [-0.3, -0.25) is 14.2 Å². The first kappa shape index (κ1) is 21.1. The minimum absolute atomic E-state index is 0.0307. The summed E-state index contributed by atoms with van der Waals surface area (Å²) in [5.74, 6) is -0.00924. The number of nitrogens with one attached hydrogen (secondary N) is 1. The van der Waals surface area contributed by atoms with Gasteiger partial charge in [-0.2, -0.15) is 23.4 Å². The summed E-state index contributed by atoms with van der Waals surface area (Å²) in [6, 6.07) is 8.99. The number of rotatable bonds is 6. The molecule has 1 aromatic carbocycles. The molecular weight excluding hydrogens is 451 g/mol. The third kappa shape index (κ3) is 5.47. The van der Waals surface area contributed by atoms with E-state index in [1.54, 1.807) is 10.9 Å². The zero-order valence-electron chi connectivity index (χ0n) is 15.8. The van der Waals surface area contributed by atoms with Gasteiger partial charge < -0.3 is 5.32 Å². The van der Waals surface area contributed by atoms with Crippen LogP contribution in [0.5, 0.6) is 0 Å². The molecule has 0 aliphatic rings. The number of benzene rings is 1. The molecule has 0 bridgehead atoms. The summed E-state index contributed by atoms with van der Waals surface area (Å²) in [5.41, 5.74) is 1.61. The van der Waals surface area contributed by atoms with Crippen LogP contribution in [0.2, 0.25) is 0 Å². The minimum Gasteiger partial charge on any atom is -0.308 e.